The number of hydrogen-bond donors (Lipinski definition) is 0. The van der Waals surface area contributed by atoms with Crippen molar-refractivity contribution in [3.8, 4) is 5.82 Å². The Morgan fingerprint density at radius 2 is 1.82 bits per heavy atom. The van der Waals surface area contributed by atoms with E-state index in [1.807, 2.05) is 60.2 Å². The van der Waals surface area contributed by atoms with Gasteiger partial charge in [0.15, 0.2) is 6.29 Å². The minimum Gasteiger partial charge on any atom is -0.301 e. The summed E-state index contributed by atoms with van der Waals surface area (Å²) >= 11 is 0. The SMILES string of the molecule is C=CC.C=Cc1cn(-c2cccc(C=O)n2)c2ccccc12. The van der Waals surface area contributed by atoms with Crippen molar-refractivity contribution in [1.29, 1.82) is 0 Å². The number of allylic oxidation sites excluding steroid dienone is 1. The summed E-state index contributed by atoms with van der Waals surface area (Å²) < 4.78 is 1.97. The third kappa shape index (κ3) is 3.04. The molecule has 0 unspecified atom stereocenters. The molecular weight excluding hydrogens is 272 g/mol. The lowest BCUT2D eigenvalue weighted by Gasteiger charge is -2.04. The molecule has 2 heterocycles. The van der Waals surface area contributed by atoms with E-state index >= 15 is 0 Å². The number of benzene rings is 1. The molecule has 110 valence electrons. The molecule has 3 nitrogen and oxygen atoms in total. The van der Waals surface area contributed by atoms with Crippen LogP contribution in [0.25, 0.3) is 22.8 Å². The molecule has 0 spiro atoms. The van der Waals surface area contributed by atoms with Crippen molar-refractivity contribution in [2.24, 2.45) is 0 Å². The summed E-state index contributed by atoms with van der Waals surface area (Å²) in [5.41, 5.74) is 2.53. The maximum absolute atomic E-state index is 10.8. The highest BCUT2D eigenvalue weighted by Crippen LogP contribution is 2.24. The van der Waals surface area contributed by atoms with E-state index < -0.39 is 0 Å². The lowest BCUT2D eigenvalue weighted by Crippen LogP contribution is -1.98. The Kier molecular flexibility index (Phi) is 5.04. The third-order valence-electron chi connectivity index (χ3n) is 3.09. The van der Waals surface area contributed by atoms with E-state index in [9.17, 15) is 4.79 Å². The van der Waals surface area contributed by atoms with Gasteiger partial charge in [-0.05, 0) is 30.7 Å². The van der Waals surface area contributed by atoms with Gasteiger partial charge in [-0.1, -0.05) is 43.0 Å². The fraction of sp³-hybridized carbons (Fsp3) is 0.0526. The van der Waals surface area contributed by atoms with Gasteiger partial charge < -0.3 is 4.57 Å². The fourth-order valence-corrected chi connectivity index (χ4v) is 2.20. The fourth-order valence-electron chi connectivity index (χ4n) is 2.20. The molecule has 0 aliphatic rings. The van der Waals surface area contributed by atoms with Crippen LogP contribution in [0.1, 0.15) is 23.0 Å². The summed E-state index contributed by atoms with van der Waals surface area (Å²) in [6.07, 6.45) is 6.31. The maximum Gasteiger partial charge on any atom is 0.168 e. The van der Waals surface area contributed by atoms with Crippen molar-refractivity contribution in [2.75, 3.05) is 0 Å². The second-order valence-electron chi connectivity index (χ2n) is 4.62. The molecule has 0 aliphatic carbocycles. The van der Waals surface area contributed by atoms with Crippen LogP contribution in [-0.4, -0.2) is 15.8 Å². The van der Waals surface area contributed by atoms with Crippen LogP contribution < -0.4 is 0 Å². The van der Waals surface area contributed by atoms with Crippen molar-refractivity contribution < 1.29 is 4.79 Å². The van der Waals surface area contributed by atoms with Crippen LogP contribution in [-0.2, 0) is 0 Å². The molecule has 1 aromatic carbocycles. The monoisotopic (exact) mass is 290 g/mol. The number of carbonyl (C=O) groups is 1. The average molecular weight is 290 g/mol. The standard InChI is InChI=1S/C16H12N2O.C3H6/c1-2-12-10-18(15-8-4-3-7-14(12)15)16-9-5-6-13(11-19)17-16;1-3-2/h2-11H,1H2;3H,1H2,2H3. The van der Waals surface area contributed by atoms with Gasteiger partial charge in [-0.15, -0.1) is 6.58 Å². The summed E-state index contributed by atoms with van der Waals surface area (Å²) in [5, 5.41) is 1.12. The van der Waals surface area contributed by atoms with E-state index in [1.54, 1.807) is 12.1 Å². The van der Waals surface area contributed by atoms with Gasteiger partial charge >= 0.3 is 0 Å². The molecule has 22 heavy (non-hydrogen) atoms. The summed E-state index contributed by atoms with van der Waals surface area (Å²) in [5.74, 6) is 0.730. The van der Waals surface area contributed by atoms with Crippen LogP contribution >= 0.6 is 0 Å². The Balaban J connectivity index is 0.000000545. The summed E-state index contributed by atoms with van der Waals surface area (Å²) in [7, 11) is 0. The van der Waals surface area contributed by atoms with Crippen molar-refractivity contribution in [3.05, 3.63) is 79.2 Å². The molecule has 0 fully saturated rings. The van der Waals surface area contributed by atoms with Crippen LogP contribution in [0.4, 0.5) is 0 Å². The normalized spacial score (nSPS) is 9.68. The van der Waals surface area contributed by atoms with Gasteiger partial charge in [0.05, 0.1) is 5.52 Å². The molecule has 0 atom stereocenters. The Morgan fingerprint density at radius 1 is 1.09 bits per heavy atom. The first-order chi connectivity index (χ1) is 10.7. The predicted molar refractivity (Wildman–Crippen MR) is 92.4 cm³/mol. The number of rotatable bonds is 3. The van der Waals surface area contributed by atoms with Gasteiger partial charge in [-0.25, -0.2) is 4.98 Å². The molecule has 0 saturated heterocycles. The van der Waals surface area contributed by atoms with Gasteiger partial charge in [0.1, 0.15) is 11.5 Å². The second kappa shape index (κ2) is 7.18. The highest BCUT2D eigenvalue weighted by atomic mass is 16.1. The first-order valence-electron chi connectivity index (χ1n) is 6.97. The van der Waals surface area contributed by atoms with Crippen molar-refractivity contribution >= 4 is 23.3 Å². The van der Waals surface area contributed by atoms with Gasteiger partial charge in [0, 0.05) is 11.6 Å². The zero-order chi connectivity index (χ0) is 15.9. The average Bonchev–Trinajstić information content (AvgIpc) is 2.94. The van der Waals surface area contributed by atoms with E-state index in [-0.39, 0.29) is 0 Å². The van der Waals surface area contributed by atoms with E-state index in [2.05, 4.69) is 18.1 Å². The predicted octanol–water partition coefficient (Wildman–Crippen LogP) is 4.67. The van der Waals surface area contributed by atoms with Crippen LogP contribution in [0, 0.1) is 0 Å². The number of para-hydroxylation sites is 1. The smallest absolute Gasteiger partial charge is 0.168 e. The largest absolute Gasteiger partial charge is 0.301 e. The lowest BCUT2D eigenvalue weighted by molar-refractivity contribution is 0.111. The number of aldehydes is 1. The first-order valence-corrected chi connectivity index (χ1v) is 6.97. The van der Waals surface area contributed by atoms with E-state index in [0.29, 0.717) is 5.69 Å². The van der Waals surface area contributed by atoms with Crippen molar-refractivity contribution in [1.82, 2.24) is 9.55 Å². The molecule has 0 aliphatic heterocycles. The number of nitrogens with zero attached hydrogens (tertiary/aromatic N) is 2. The number of aromatic nitrogens is 2. The molecule has 0 amide bonds. The van der Waals surface area contributed by atoms with E-state index in [0.717, 1.165) is 28.6 Å². The van der Waals surface area contributed by atoms with Gasteiger partial charge in [0.2, 0.25) is 0 Å². The number of hydrogen-bond acceptors (Lipinski definition) is 2. The second-order valence-corrected chi connectivity index (χ2v) is 4.62. The molecule has 2 aromatic heterocycles. The van der Waals surface area contributed by atoms with Crippen LogP contribution in [0.5, 0.6) is 0 Å². The van der Waals surface area contributed by atoms with Gasteiger partial charge in [-0.2, -0.15) is 0 Å². The minimum atomic E-state index is 0.426. The number of carbonyl (C=O) groups excluding carboxylic acids is 1. The van der Waals surface area contributed by atoms with Crippen LogP contribution in [0.3, 0.4) is 0 Å². The van der Waals surface area contributed by atoms with Gasteiger partial charge in [-0.3, -0.25) is 4.79 Å². The number of fused-ring (bicyclic) bond motifs is 1. The Labute approximate surface area is 130 Å². The maximum atomic E-state index is 10.8. The van der Waals surface area contributed by atoms with Crippen molar-refractivity contribution in [3.63, 3.8) is 0 Å². The van der Waals surface area contributed by atoms with Gasteiger partial charge in [0.25, 0.3) is 0 Å². The van der Waals surface area contributed by atoms with E-state index in [4.69, 9.17) is 0 Å². The molecule has 0 bridgehead atoms. The van der Waals surface area contributed by atoms with Crippen LogP contribution in [0.2, 0.25) is 0 Å². The highest BCUT2D eigenvalue weighted by molar-refractivity contribution is 5.90. The Morgan fingerprint density at radius 3 is 2.50 bits per heavy atom. The molecular formula is C19H18N2O. The van der Waals surface area contributed by atoms with E-state index in [1.165, 1.54) is 0 Å². The molecule has 3 aromatic rings. The lowest BCUT2D eigenvalue weighted by atomic mass is 10.2. The summed E-state index contributed by atoms with van der Waals surface area (Å²) in [6, 6.07) is 13.4. The van der Waals surface area contributed by atoms with Crippen molar-refractivity contribution in [2.45, 2.75) is 6.92 Å². The zero-order valence-corrected chi connectivity index (χ0v) is 12.6. The minimum absolute atomic E-state index is 0.426. The summed E-state index contributed by atoms with van der Waals surface area (Å²) in [4.78, 5) is 15.1. The quantitative estimate of drug-likeness (QED) is 0.519. The third-order valence-corrected chi connectivity index (χ3v) is 3.09. The Hall–Kier alpha value is -2.94. The zero-order valence-electron chi connectivity index (χ0n) is 12.6. The van der Waals surface area contributed by atoms with Crippen LogP contribution in [0.15, 0.2) is 67.9 Å². The first kappa shape index (κ1) is 15.4. The molecule has 0 radical (unpaired) electrons. The molecule has 0 N–H and O–H groups in total. The molecule has 3 rings (SSSR count). The molecule has 3 heteroatoms. The highest BCUT2D eigenvalue weighted by Gasteiger charge is 2.08. The topological polar surface area (TPSA) is 34.9 Å². The summed E-state index contributed by atoms with van der Waals surface area (Å²) in [6.45, 7) is 9.08. The number of pyridine rings is 1. The molecule has 0 saturated carbocycles. The Bertz CT molecular complexity index is 815.